The highest BCUT2D eigenvalue weighted by Gasteiger charge is 2.28. The largest absolute Gasteiger partial charge is 0.491 e. The maximum Gasteiger partial charge on any atom is 0.265 e. The lowest BCUT2D eigenvalue weighted by Gasteiger charge is -2.23. The van der Waals surface area contributed by atoms with Gasteiger partial charge in [-0.25, -0.2) is 8.42 Å². The SMILES string of the molecule is O=c1ccc(S(=O)(=O)N2CCCOc3ccccc32)c[nH]1. The first-order chi connectivity index (χ1) is 10.1. The average Bonchev–Trinajstić information content (AvgIpc) is 2.70. The summed E-state index contributed by atoms with van der Waals surface area (Å²) in [4.78, 5) is 13.5. The van der Waals surface area contributed by atoms with E-state index in [1.54, 1.807) is 24.3 Å². The minimum atomic E-state index is -3.73. The van der Waals surface area contributed by atoms with Crippen LogP contribution >= 0.6 is 0 Å². The monoisotopic (exact) mass is 306 g/mol. The summed E-state index contributed by atoms with van der Waals surface area (Å²) >= 11 is 0. The summed E-state index contributed by atoms with van der Waals surface area (Å²) in [6.07, 6.45) is 1.81. The van der Waals surface area contributed by atoms with Gasteiger partial charge in [0.2, 0.25) is 5.56 Å². The first-order valence-corrected chi connectivity index (χ1v) is 7.96. The zero-order valence-corrected chi connectivity index (χ0v) is 12.0. The predicted octanol–water partition coefficient (Wildman–Crippen LogP) is 1.35. The number of nitrogens with zero attached hydrogens (tertiary/aromatic N) is 1. The second-order valence-electron chi connectivity index (χ2n) is 4.64. The molecule has 1 N–H and O–H groups in total. The Bertz CT molecular complexity index is 793. The Balaban J connectivity index is 2.10. The maximum absolute atomic E-state index is 12.8. The van der Waals surface area contributed by atoms with Crippen molar-refractivity contribution in [2.75, 3.05) is 17.5 Å². The highest BCUT2D eigenvalue weighted by molar-refractivity contribution is 7.92. The standard InChI is InChI=1S/C14H14N2O4S/c17-14-7-6-11(10-15-14)21(18,19)16-8-3-9-20-13-5-2-1-4-12(13)16/h1-2,4-7,10H,3,8-9H2,(H,15,17). The Hall–Kier alpha value is -2.28. The number of fused-ring (bicyclic) bond motifs is 1. The van der Waals surface area contributed by atoms with Crippen LogP contribution in [0.2, 0.25) is 0 Å². The molecule has 110 valence electrons. The number of benzene rings is 1. The topological polar surface area (TPSA) is 79.5 Å². The molecule has 7 heteroatoms. The second-order valence-corrected chi connectivity index (χ2v) is 6.50. The highest BCUT2D eigenvalue weighted by atomic mass is 32.2. The van der Waals surface area contributed by atoms with Crippen LogP contribution < -0.4 is 14.6 Å². The molecule has 2 heterocycles. The Kier molecular flexibility index (Phi) is 3.42. The molecule has 1 aliphatic heterocycles. The summed E-state index contributed by atoms with van der Waals surface area (Å²) in [7, 11) is -3.73. The number of nitrogens with one attached hydrogen (secondary N) is 1. The lowest BCUT2D eigenvalue weighted by atomic mass is 10.3. The number of H-pyrrole nitrogens is 1. The van der Waals surface area contributed by atoms with Gasteiger partial charge in [0, 0.05) is 25.2 Å². The first-order valence-electron chi connectivity index (χ1n) is 6.52. The molecule has 1 aromatic heterocycles. The number of aromatic amines is 1. The molecule has 0 saturated heterocycles. The van der Waals surface area contributed by atoms with Gasteiger partial charge in [0.05, 0.1) is 12.3 Å². The summed E-state index contributed by atoms with van der Waals surface area (Å²) in [5.41, 5.74) is 0.176. The van der Waals surface area contributed by atoms with Crippen LogP contribution in [-0.2, 0) is 10.0 Å². The fraction of sp³-hybridized carbons (Fsp3) is 0.214. The van der Waals surface area contributed by atoms with Crippen molar-refractivity contribution in [3.63, 3.8) is 0 Å². The van der Waals surface area contributed by atoms with Gasteiger partial charge in [-0.1, -0.05) is 12.1 Å². The second kappa shape index (κ2) is 5.25. The van der Waals surface area contributed by atoms with Gasteiger partial charge >= 0.3 is 0 Å². The van der Waals surface area contributed by atoms with Gasteiger partial charge in [0.1, 0.15) is 10.6 Å². The number of rotatable bonds is 2. The smallest absolute Gasteiger partial charge is 0.265 e. The molecule has 0 spiro atoms. The Labute approximate surface area is 122 Å². The zero-order chi connectivity index (χ0) is 14.9. The van der Waals surface area contributed by atoms with Crippen molar-refractivity contribution in [2.45, 2.75) is 11.3 Å². The van der Waals surface area contributed by atoms with Gasteiger partial charge in [-0.2, -0.15) is 0 Å². The van der Waals surface area contributed by atoms with Crippen LogP contribution in [0.25, 0.3) is 0 Å². The molecule has 1 aromatic carbocycles. The predicted molar refractivity (Wildman–Crippen MR) is 78.1 cm³/mol. The van der Waals surface area contributed by atoms with Crippen molar-refractivity contribution in [3.8, 4) is 5.75 Å². The van der Waals surface area contributed by atoms with Crippen molar-refractivity contribution < 1.29 is 13.2 Å². The number of pyridine rings is 1. The van der Waals surface area contributed by atoms with E-state index < -0.39 is 10.0 Å². The minimum Gasteiger partial charge on any atom is -0.491 e. The molecule has 3 rings (SSSR count). The van der Waals surface area contributed by atoms with Crippen LogP contribution in [0, 0.1) is 0 Å². The van der Waals surface area contributed by atoms with Crippen LogP contribution in [0.1, 0.15) is 6.42 Å². The maximum atomic E-state index is 12.8. The molecule has 0 bridgehead atoms. The van der Waals surface area contributed by atoms with E-state index in [0.29, 0.717) is 31.0 Å². The molecular weight excluding hydrogens is 292 g/mol. The van der Waals surface area contributed by atoms with Crippen molar-refractivity contribution in [3.05, 3.63) is 52.9 Å². The van der Waals surface area contributed by atoms with Crippen LogP contribution in [0.4, 0.5) is 5.69 Å². The summed E-state index contributed by atoms with van der Waals surface area (Å²) in [5, 5.41) is 0. The third kappa shape index (κ3) is 2.52. The molecule has 1 aliphatic rings. The Morgan fingerprint density at radius 1 is 1.14 bits per heavy atom. The molecule has 21 heavy (non-hydrogen) atoms. The number of hydrogen-bond donors (Lipinski definition) is 1. The van der Waals surface area contributed by atoms with Gasteiger partial charge in [0.15, 0.2) is 0 Å². The lowest BCUT2D eigenvalue weighted by Crippen LogP contribution is -2.32. The number of sulfonamides is 1. The van der Waals surface area contributed by atoms with Crippen LogP contribution in [0.5, 0.6) is 5.75 Å². The van der Waals surface area contributed by atoms with Gasteiger partial charge in [-0.15, -0.1) is 0 Å². The molecule has 2 aromatic rings. The Morgan fingerprint density at radius 2 is 1.95 bits per heavy atom. The molecule has 0 unspecified atom stereocenters. The summed E-state index contributed by atoms with van der Waals surface area (Å²) < 4.78 is 32.4. The van der Waals surface area contributed by atoms with E-state index >= 15 is 0 Å². The number of aromatic nitrogens is 1. The van der Waals surface area contributed by atoms with E-state index in [-0.39, 0.29) is 10.5 Å². The van der Waals surface area contributed by atoms with E-state index in [4.69, 9.17) is 4.74 Å². The highest BCUT2D eigenvalue weighted by Crippen LogP contribution is 2.34. The molecule has 0 aliphatic carbocycles. The van der Waals surface area contributed by atoms with E-state index in [1.165, 1.54) is 22.6 Å². The van der Waals surface area contributed by atoms with Gasteiger partial charge in [0.25, 0.3) is 10.0 Å². The summed E-state index contributed by atoms with van der Waals surface area (Å²) in [5.74, 6) is 0.544. The zero-order valence-electron chi connectivity index (χ0n) is 11.2. The van der Waals surface area contributed by atoms with Gasteiger partial charge in [-0.05, 0) is 18.2 Å². The number of ether oxygens (including phenoxy) is 1. The molecule has 0 saturated carbocycles. The van der Waals surface area contributed by atoms with Crippen molar-refractivity contribution >= 4 is 15.7 Å². The van der Waals surface area contributed by atoms with Crippen LogP contribution in [0.3, 0.4) is 0 Å². The van der Waals surface area contributed by atoms with Gasteiger partial charge in [-0.3, -0.25) is 9.10 Å². The third-order valence-corrected chi connectivity index (χ3v) is 5.05. The van der Waals surface area contributed by atoms with E-state index in [2.05, 4.69) is 4.98 Å². The molecule has 0 amide bonds. The summed E-state index contributed by atoms with van der Waals surface area (Å²) in [6.45, 7) is 0.799. The average molecular weight is 306 g/mol. The molecule has 0 fully saturated rings. The van der Waals surface area contributed by atoms with E-state index in [9.17, 15) is 13.2 Å². The molecular formula is C14H14N2O4S. The third-order valence-electron chi connectivity index (χ3n) is 3.24. The summed E-state index contributed by atoms with van der Waals surface area (Å²) in [6, 6.07) is 9.54. The number of hydrogen-bond acceptors (Lipinski definition) is 4. The Morgan fingerprint density at radius 3 is 2.71 bits per heavy atom. The van der Waals surface area contributed by atoms with E-state index in [0.717, 1.165) is 0 Å². The van der Waals surface area contributed by atoms with E-state index in [1.807, 2.05) is 0 Å². The molecule has 6 nitrogen and oxygen atoms in total. The lowest BCUT2D eigenvalue weighted by molar-refractivity contribution is 0.322. The van der Waals surface area contributed by atoms with Crippen LogP contribution in [0.15, 0.2) is 52.3 Å². The quantitative estimate of drug-likeness (QED) is 0.908. The molecule has 0 atom stereocenters. The number of para-hydroxylation sites is 2. The first kappa shape index (κ1) is 13.7. The van der Waals surface area contributed by atoms with Crippen molar-refractivity contribution in [1.29, 1.82) is 0 Å². The fourth-order valence-electron chi connectivity index (χ4n) is 2.23. The fourth-order valence-corrected chi connectivity index (χ4v) is 3.71. The minimum absolute atomic E-state index is 0.0544. The normalized spacial score (nSPS) is 15.0. The van der Waals surface area contributed by atoms with Crippen molar-refractivity contribution in [1.82, 2.24) is 4.98 Å². The van der Waals surface area contributed by atoms with Crippen molar-refractivity contribution in [2.24, 2.45) is 0 Å². The number of anilines is 1. The van der Waals surface area contributed by atoms with Gasteiger partial charge < -0.3 is 9.72 Å². The molecule has 0 radical (unpaired) electrons. The van der Waals surface area contributed by atoms with Crippen LogP contribution in [-0.4, -0.2) is 26.6 Å².